The quantitative estimate of drug-likeness (QED) is 0.732. The van der Waals surface area contributed by atoms with Crippen molar-refractivity contribution < 1.29 is 14.7 Å². The number of fused-ring (bicyclic) bond motifs is 1. The van der Waals surface area contributed by atoms with E-state index in [4.69, 9.17) is 5.11 Å². The number of hydrogen-bond donors (Lipinski definition) is 3. The van der Waals surface area contributed by atoms with E-state index in [1.54, 1.807) is 0 Å². The molecule has 3 N–H and O–H groups in total. The standard InChI is InChI=1S/C15H16N2O3/c18-14(19)9-4-10-16-15(20)17-13-8-3-6-11-5-1-2-7-12(11)13/h1-3,5-8H,4,9-10H2,(H,18,19)(H2,16,17,20). The fourth-order valence-corrected chi connectivity index (χ4v) is 1.94. The number of carbonyl (C=O) groups is 2. The molecule has 0 spiro atoms. The molecule has 2 rings (SSSR count). The third kappa shape index (κ3) is 3.71. The maximum absolute atomic E-state index is 11.7. The Kier molecular flexibility index (Phi) is 4.55. The minimum atomic E-state index is -0.860. The second-order valence-corrected chi connectivity index (χ2v) is 4.40. The zero-order valence-corrected chi connectivity index (χ0v) is 10.9. The molecule has 0 aliphatic heterocycles. The molecule has 20 heavy (non-hydrogen) atoms. The van der Waals surface area contributed by atoms with Crippen molar-refractivity contribution in [2.24, 2.45) is 0 Å². The maximum atomic E-state index is 11.7. The number of carboxylic acid groups (broad SMARTS) is 1. The summed E-state index contributed by atoms with van der Waals surface area (Å²) in [6, 6.07) is 13.1. The van der Waals surface area contributed by atoms with Gasteiger partial charge in [-0.25, -0.2) is 4.79 Å². The summed E-state index contributed by atoms with van der Waals surface area (Å²) in [5.41, 5.74) is 0.735. The number of urea groups is 1. The number of rotatable bonds is 5. The fraction of sp³-hybridized carbons (Fsp3) is 0.200. The van der Waals surface area contributed by atoms with Gasteiger partial charge in [0.15, 0.2) is 0 Å². The molecule has 2 aromatic rings. The zero-order chi connectivity index (χ0) is 14.4. The molecule has 0 radical (unpaired) electrons. The number of carboxylic acids is 1. The lowest BCUT2D eigenvalue weighted by Gasteiger charge is -2.09. The van der Waals surface area contributed by atoms with E-state index in [0.717, 1.165) is 16.5 Å². The third-order valence-corrected chi connectivity index (χ3v) is 2.89. The maximum Gasteiger partial charge on any atom is 0.319 e. The topological polar surface area (TPSA) is 78.4 Å². The highest BCUT2D eigenvalue weighted by Crippen LogP contribution is 2.22. The van der Waals surface area contributed by atoms with Crippen LogP contribution in [0.3, 0.4) is 0 Å². The SMILES string of the molecule is O=C(O)CCCNC(=O)Nc1cccc2ccccc12. The Morgan fingerprint density at radius 2 is 1.80 bits per heavy atom. The molecular formula is C15H16N2O3. The average Bonchev–Trinajstić information content (AvgIpc) is 2.44. The van der Waals surface area contributed by atoms with E-state index in [0.29, 0.717) is 13.0 Å². The predicted molar refractivity (Wildman–Crippen MR) is 77.8 cm³/mol. The van der Waals surface area contributed by atoms with Gasteiger partial charge in [0.1, 0.15) is 0 Å². The first-order chi connectivity index (χ1) is 9.66. The van der Waals surface area contributed by atoms with Crippen LogP contribution < -0.4 is 10.6 Å². The number of aliphatic carboxylic acids is 1. The van der Waals surface area contributed by atoms with Crippen LogP contribution in [0.2, 0.25) is 0 Å². The molecule has 0 aliphatic rings. The Bertz CT molecular complexity index is 620. The Morgan fingerprint density at radius 3 is 2.60 bits per heavy atom. The van der Waals surface area contributed by atoms with Crippen molar-refractivity contribution in [3.63, 3.8) is 0 Å². The lowest BCUT2D eigenvalue weighted by Crippen LogP contribution is -2.29. The van der Waals surface area contributed by atoms with Gasteiger partial charge in [0.25, 0.3) is 0 Å². The average molecular weight is 272 g/mol. The summed E-state index contributed by atoms with van der Waals surface area (Å²) in [5, 5.41) is 15.9. The molecular weight excluding hydrogens is 256 g/mol. The Hall–Kier alpha value is -2.56. The van der Waals surface area contributed by atoms with Crippen LogP contribution >= 0.6 is 0 Å². The van der Waals surface area contributed by atoms with Gasteiger partial charge >= 0.3 is 12.0 Å². The van der Waals surface area contributed by atoms with Crippen molar-refractivity contribution in [3.05, 3.63) is 42.5 Å². The smallest absolute Gasteiger partial charge is 0.319 e. The van der Waals surface area contributed by atoms with Crippen LogP contribution in [0.15, 0.2) is 42.5 Å². The highest BCUT2D eigenvalue weighted by atomic mass is 16.4. The molecule has 2 amide bonds. The molecule has 2 aromatic carbocycles. The summed E-state index contributed by atoms with van der Waals surface area (Å²) >= 11 is 0. The van der Waals surface area contributed by atoms with Gasteiger partial charge in [0.2, 0.25) is 0 Å². The fourth-order valence-electron chi connectivity index (χ4n) is 1.94. The van der Waals surface area contributed by atoms with E-state index < -0.39 is 5.97 Å². The second-order valence-electron chi connectivity index (χ2n) is 4.40. The zero-order valence-electron chi connectivity index (χ0n) is 10.9. The first-order valence-corrected chi connectivity index (χ1v) is 6.41. The minimum Gasteiger partial charge on any atom is -0.481 e. The Morgan fingerprint density at radius 1 is 1.05 bits per heavy atom. The lowest BCUT2D eigenvalue weighted by molar-refractivity contribution is -0.137. The van der Waals surface area contributed by atoms with Crippen molar-refractivity contribution in [2.45, 2.75) is 12.8 Å². The molecule has 0 heterocycles. The number of hydrogen-bond acceptors (Lipinski definition) is 2. The second kappa shape index (κ2) is 6.56. The normalized spacial score (nSPS) is 10.2. The van der Waals surface area contributed by atoms with Crippen molar-refractivity contribution in [1.29, 1.82) is 0 Å². The van der Waals surface area contributed by atoms with Crippen LogP contribution in [0, 0.1) is 0 Å². The van der Waals surface area contributed by atoms with Crippen LogP contribution in [-0.2, 0) is 4.79 Å². The summed E-state index contributed by atoms with van der Waals surface area (Å²) in [4.78, 5) is 22.1. The summed E-state index contributed by atoms with van der Waals surface area (Å²) in [7, 11) is 0. The third-order valence-electron chi connectivity index (χ3n) is 2.89. The first kappa shape index (κ1) is 13.9. The van der Waals surface area contributed by atoms with Crippen molar-refractivity contribution in [2.75, 3.05) is 11.9 Å². The van der Waals surface area contributed by atoms with E-state index in [1.807, 2.05) is 42.5 Å². The Labute approximate surface area is 116 Å². The molecule has 0 atom stereocenters. The van der Waals surface area contributed by atoms with Crippen LogP contribution in [0.1, 0.15) is 12.8 Å². The number of carbonyl (C=O) groups excluding carboxylic acids is 1. The van der Waals surface area contributed by atoms with Crippen LogP contribution in [0.25, 0.3) is 10.8 Å². The van der Waals surface area contributed by atoms with Crippen molar-refractivity contribution >= 4 is 28.5 Å². The number of benzene rings is 2. The highest BCUT2D eigenvalue weighted by Gasteiger charge is 2.05. The largest absolute Gasteiger partial charge is 0.481 e. The van der Waals surface area contributed by atoms with Crippen LogP contribution in [0.4, 0.5) is 10.5 Å². The molecule has 0 saturated carbocycles. The van der Waals surface area contributed by atoms with E-state index in [9.17, 15) is 9.59 Å². The predicted octanol–water partition coefficient (Wildman–Crippen LogP) is 2.83. The monoisotopic (exact) mass is 272 g/mol. The molecule has 0 saturated heterocycles. The summed E-state index contributed by atoms with van der Waals surface area (Å²) < 4.78 is 0. The van der Waals surface area contributed by atoms with Crippen molar-refractivity contribution in [1.82, 2.24) is 5.32 Å². The Balaban J connectivity index is 1.94. The van der Waals surface area contributed by atoms with Gasteiger partial charge in [0.05, 0.1) is 5.69 Å². The van der Waals surface area contributed by atoms with Gasteiger partial charge in [0, 0.05) is 18.4 Å². The molecule has 0 fully saturated rings. The molecule has 104 valence electrons. The van der Waals surface area contributed by atoms with Crippen LogP contribution in [-0.4, -0.2) is 23.7 Å². The number of amides is 2. The van der Waals surface area contributed by atoms with Gasteiger partial charge < -0.3 is 15.7 Å². The summed E-state index contributed by atoms with van der Waals surface area (Å²) in [6.07, 6.45) is 0.465. The minimum absolute atomic E-state index is 0.0501. The van der Waals surface area contributed by atoms with E-state index in [-0.39, 0.29) is 12.5 Å². The molecule has 0 aliphatic carbocycles. The van der Waals surface area contributed by atoms with Crippen LogP contribution in [0.5, 0.6) is 0 Å². The van der Waals surface area contributed by atoms with Gasteiger partial charge in [-0.15, -0.1) is 0 Å². The highest BCUT2D eigenvalue weighted by molar-refractivity contribution is 6.01. The molecule has 0 unspecified atom stereocenters. The van der Waals surface area contributed by atoms with Crippen molar-refractivity contribution in [3.8, 4) is 0 Å². The van der Waals surface area contributed by atoms with Gasteiger partial charge in [-0.1, -0.05) is 36.4 Å². The van der Waals surface area contributed by atoms with Gasteiger partial charge in [-0.3, -0.25) is 4.79 Å². The summed E-state index contributed by atoms with van der Waals surface area (Å²) in [5.74, 6) is -0.860. The van der Waals surface area contributed by atoms with E-state index >= 15 is 0 Å². The molecule has 5 nitrogen and oxygen atoms in total. The van der Waals surface area contributed by atoms with E-state index in [2.05, 4.69) is 10.6 Å². The molecule has 5 heteroatoms. The molecule has 0 bridgehead atoms. The summed E-state index contributed by atoms with van der Waals surface area (Å²) in [6.45, 7) is 0.336. The number of nitrogens with one attached hydrogen (secondary N) is 2. The van der Waals surface area contributed by atoms with Gasteiger partial charge in [-0.05, 0) is 17.9 Å². The van der Waals surface area contributed by atoms with Gasteiger partial charge in [-0.2, -0.15) is 0 Å². The number of anilines is 1. The first-order valence-electron chi connectivity index (χ1n) is 6.41. The molecule has 0 aromatic heterocycles. The van der Waals surface area contributed by atoms with E-state index in [1.165, 1.54) is 0 Å². The lowest BCUT2D eigenvalue weighted by atomic mass is 10.1.